The molecule has 5 nitrogen and oxygen atoms in total. The topological polar surface area (TPSA) is 75.3 Å². The van der Waals surface area contributed by atoms with E-state index in [-0.39, 0.29) is 28.2 Å². The van der Waals surface area contributed by atoms with Crippen molar-refractivity contribution in [3.63, 3.8) is 0 Å². The van der Waals surface area contributed by atoms with Crippen LogP contribution in [0.4, 0.5) is 0 Å². The maximum atomic E-state index is 12.4. The lowest BCUT2D eigenvalue weighted by atomic mass is 10.0. The van der Waals surface area contributed by atoms with Crippen LogP contribution in [0.3, 0.4) is 0 Å². The van der Waals surface area contributed by atoms with Crippen molar-refractivity contribution in [2.45, 2.75) is 43.7 Å². The van der Waals surface area contributed by atoms with E-state index < -0.39 is 9.84 Å². The van der Waals surface area contributed by atoms with E-state index in [9.17, 15) is 13.2 Å². The molecule has 1 amide bonds. The molecule has 2 unspecified atom stereocenters. The van der Waals surface area contributed by atoms with Crippen LogP contribution in [-0.4, -0.2) is 38.7 Å². The van der Waals surface area contributed by atoms with Crippen molar-refractivity contribution in [3.8, 4) is 0 Å². The number of carbonyl (C=O) groups excluding carboxylic acids is 1. The summed E-state index contributed by atoms with van der Waals surface area (Å²) >= 11 is 0. The molecule has 1 heterocycles. The number of carbonyl (C=O) groups is 1. The van der Waals surface area contributed by atoms with Gasteiger partial charge in [-0.2, -0.15) is 0 Å². The van der Waals surface area contributed by atoms with E-state index >= 15 is 0 Å². The number of rotatable bonds is 4. The zero-order valence-electron chi connectivity index (χ0n) is 12.4. The van der Waals surface area contributed by atoms with Gasteiger partial charge in [-0.05, 0) is 38.4 Å². The standard InChI is InChI=1S/C15H22N2O3S/c1-3-21(19,20)14-7-5-4-6-13(14)15(18)17-12-8-9-16-11(2)10-12/h4-7,11-12,16H,3,8-10H2,1-2H3,(H,17,18). The second-order valence-corrected chi connectivity index (χ2v) is 7.70. The smallest absolute Gasteiger partial charge is 0.252 e. The van der Waals surface area contributed by atoms with Crippen molar-refractivity contribution < 1.29 is 13.2 Å². The summed E-state index contributed by atoms with van der Waals surface area (Å²) in [5.41, 5.74) is 0.241. The number of nitrogens with one attached hydrogen (secondary N) is 2. The predicted molar refractivity (Wildman–Crippen MR) is 82.1 cm³/mol. The van der Waals surface area contributed by atoms with Crippen molar-refractivity contribution in [2.75, 3.05) is 12.3 Å². The first-order valence-corrected chi connectivity index (χ1v) is 8.95. The highest BCUT2D eigenvalue weighted by atomic mass is 32.2. The van der Waals surface area contributed by atoms with E-state index in [1.54, 1.807) is 25.1 Å². The molecule has 1 fully saturated rings. The third kappa shape index (κ3) is 3.83. The number of amides is 1. The van der Waals surface area contributed by atoms with Gasteiger partial charge < -0.3 is 10.6 Å². The largest absolute Gasteiger partial charge is 0.349 e. The Bertz CT molecular complexity index is 613. The highest BCUT2D eigenvalue weighted by Gasteiger charge is 2.24. The van der Waals surface area contributed by atoms with Crippen molar-refractivity contribution >= 4 is 15.7 Å². The van der Waals surface area contributed by atoms with Gasteiger partial charge in [0.25, 0.3) is 5.91 Å². The van der Waals surface area contributed by atoms with Gasteiger partial charge in [0.1, 0.15) is 0 Å². The van der Waals surface area contributed by atoms with Crippen LogP contribution in [0.25, 0.3) is 0 Å². The molecule has 1 aromatic rings. The molecule has 0 bridgehead atoms. The van der Waals surface area contributed by atoms with E-state index in [2.05, 4.69) is 17.6 Å². The molecule has 0 aromatic heterocycles. The summed E-state index contributed by atoms with van der Waals surface area (Å²) in [7, 11) is -3.40. The molecule has 1 saturated heterocycles. The molecule has 2 N–H and O–H groups in total. The van der Waals surface area contributed by atoms with E-state index in [4.69, 9.17) is 0 Å². The molecule has 2 atom stereocenters. The van der Waals surface area contributed by atoms with Gasteiger partial charge in [0.05, 0.1) is 16.2 Å². The molecule has 0 saturated carbocycles. The minimum Gasteiger partial charge on any atom is -0.349 e. The summed E-state index contributed by atoms with van der Waals surface area (Å²) in [4.78, 5) is 12.5. The Kier molecular flexibility index (Phi) is 5.00. The molecule has 0 spiro atoms. The van der Waals surface area contributed by atoms with E-state index in [0.29, 0.717) is 6.04 Å². The van der Waals surface area contributed by atoms with E-state index in [0.717, 1.165) is 19.4 Å². The fourth-order valence-corrected chi connectivity index (χ4v) is 3.70. The van der Waals surface area contributed by atoms with Crippen LogP contribution >= 0.6 is 0 Å². The zero-order chi connectivity index (χ0) is 15.5. The maximum absolute atomic E-state index is 12.4. The quantitative estimate of drug-likeness (QED) is 0.880. The Morgan fingerprint density at radius 2 is 2.10 bits per heavy atom. The van der Waals surface area contributed by atoms with Gasteiger partial charge in [-0.3, -0.25) is 4.79 Å². The average molecular weight is 310 g/mol. The van der Waals surface area contributed by atoms with Crippen LogP contribution in [0.5, 0.6) is 0 Å². The highest BCUT2D eigenvalue weighted by molar-refractivity contribution is 7.91. The molecule has 2 rings (SSSR count). The minimum absolute atomic E-state index is 0.0122. The fourth-order valence-electron chi connectivity index (χ4n) is 2.61. The number of sulfone groups is 1. The molecular weight excluding hydrogens is 288 g/mol. The Morgan fingerprint density at radius 3 is 2.76 bits per heavy atom. The molecule has 0 radical (unpaired) electrons. The zero-order valence-corrected chi connectivity index (χ0v) is 13.2. The predicted octanol–water partition coefficient (Wildman–Crippen LogP) is 1.35. The van der Waals surface area contributed by atoms with Crippen LogP contribution in [-0.2, 0) is 9.84 Å². The normalized spacial score (nSPS) is 22.8. The summed E-state index contributed by atoms with van der Waals surface area (Å²) in [6.45, 7) is 4.52. The van der Waals surface area contributed by atoms with Crippen LogP contribution in [0.2, 0.25) is 0 Å². The summed E-state index contributed by atoms with van der Waals surface area (Å²) in [5, 5.41) is 6.28. The van der Waals surface area contributed by atoms with Crippen molar-refractivity contribution in [2.24, 2.45) is 0 Å². The maximum Gasteiger partial charge on any atom is 0.252 e. The number of piperidine rings is 1. The monoisotopic (exact) mass is 310 g/mol. The lowest BCUT2D eigenvalue weighted by molar-refractivity contribution is 0.0922. The average Bonchev–Trinajstić information content (AvgIpc) is 2.47. The van der Waals surface area contributed by atoms with Crippen LogP contribution in [0.15, 0.2) is 29.2 Å². The second kappa shape index (κ2) is 6.58. The van der Waals surface area contributed by atoms with Crippen LogP contribution < -0.4 is 10.6 Å². The van der Waals surface area contributed by atoms with Crippen LogP contribution in [0.1, 0.15) is 37.0 Å². The van der Waals surface area contributed by atoms with Gasteiger partial charge in [0, 0.05) is 12.1 Å². The Balaban J connectivity index is 2.20. The van der Waals surface area contributed by atoms with Gasteiger partial charge >= 0.3 is 0 Å². The Hall–Kier alpha value is -1.40. The van der Waals surface area contributed by atoms with Gasteiger partial charge in [0.15, 0.2) is 9.84 Å². The second-order valence-electron chi connectivity index (χ2n) is 5.45. The first kappa shape index (κ1) is 16.0. The highest BCUT2D eigenvalue weighted by Crippen LogP contribution is 2.18. The fraction of sp³-hybridized carbons (Fsp3) is 0.533. The third-order valence-corrected chi connectivity index (χ3v) is 5.59. The van der Waals surface area contributed by atoms with Gasteiger partial charge in [0.2, 0.25) is 0 Å². The molecule has 1 aromatic carbocycles. The third-order valence-electron chi connectivity index (χ3n) is 3.81. The molecule has 6 heteroatoms. The Labute approximate surface area is 126 Å². The number of benzene rings is 1. The number of hydrogen-bond donors (Lipinski definition) is 2. The van der Waals surface area contributed by atoms with E-state index in [1.165, 1.54) is 6.07 Å². The minimum atomic E-state index is -3.40. The van der Waals surface area contributed by atoms with Crippen molar-refractivity contribution in [1.29, 1.82) is 0 Å². The van der Waals surface area contributed by atoms with Crippen molar-refractivity contribution in [3.05, 3.63) is 29.8 Å². The lowest BCUT2D eigenvalue weighted by Crippen LogP contribution is -2.46. The van der Waals surface area contributed by atoms with Gasteiger partial charge in [-0.25, -0.2) is 8.42 Å². The SMILES string of the molecule is CCS(=O)(=O)c1ccccc1C(=O)NC1CCNC(C)C1. The molecule has 0 aliphatic carbocycles. The molecule has 116 valence electrons. The first-order valence-electron chi connectivity index (χ1n) is 7.30. The molecule has 21 heavy (non-hydrogen) atoms. The van der Waals surface area contributed by atoms with Gasteiger partial charge in [-0.1, -0.05) is 19.1 Å². The van der Waals surface area contributed by atoms with E-state index in [1.807, 2.05) is 0 Å². The summed E-state index contributed by atoms with van der Waals surface area (Å²) in [6, 6.07) is 6.85. The molecular formula is C15H22N2O3S. The van der Waals surface area contributed by atoms with Crippen LogP contribution in [0, 0.1) is 0 Å². The number of hydrogen-bond acceptors (Lipinski definition) is 4. The molecule has 1 aliphatic rings. The first-order chi connectivity index (χ1) is 9.94. The summed E-state index contributed by atoms with van der Waals surface area (Å²) < 4.78 is 24.2. The summed E-state index contributed by atoms with van der Waals surface area (Å²) in [5.74, 6) is -0.316. The van der Waals surface area contributed by atoms with Gasteiger partial charge in [-0.15, -0.1) is 0 Å². The Morgan fingerprint density at radius 1 is 1.38 bits per heavy atom. The summed E-state index contributed by atoms with van der Waals surface area (Å²) in [6.07, 6.45) is 1.72. The molecule has 1 aliphatic heterocycles. The van der Waals surface area contributed by atoms with Crippen molar-refractivity contribution in [1.82, 2.24) is 10.6 Å². The lowest BCUT2D eigenvalue weighted by Gasteiger charge is -2.28.